The average Bonchev–Trinajstić information content (AvgIpc) is 3.38. The third-order valence-electron chi connectivity index (χ3n) is 6.96. The van der Waals surface area contributed by atoms with E-state index in [-0.39, 0.29) is 11.8 Å². The Morgan fingerprint density at radius 2 is 1.69 bits per heavy atom. The molecule has 1 N–H and O–H groups in total. The van der Waals surface area contributed by atoms with Crippen LogP contribution in [0.4, 0.5) is 5.69 Å². The Bertz CT molecular complexity index is 1140. The van der Waals surface area contributed by atoms with E-state index >= 15 is 0 Å². The van der Waals surface area contributed by atoms with E-state index in [9.17, 15) is 9.59 Å². The molecule has 0 radical (unpaired) electrons. The van der Waals surface area contributed by atoms with Crippen LogP contribution in [0.5, 0.6) is 0 Å². The normalized spacial score (nSPS) is 15.0. The molecule has 0 spiro atoms. The summed E-state index contributed by atoms with van der Waals surface area (Å²) >= 11 is 0. The van der Waals surface area contributed by atoms with Gasteiger partial charge in [-0.3, -0.25) is 9.59 Å². The summed E-state index contributed by atoms with van der Waals surface area (Å²) in [6.45, 7) is 7.52. The highest BCUT2D eigenvalue weighted by Crippen LogP contribution is 2.32. The molecular formula is C30H38N4O2. The summed E-state index contributed by atoms with van der Waals surface area (Å²) in [7, 11) is 1.85. The number of benzene rings is 2. The number of carbonyl (C=O) groups is 2. The van der Waals surface area contributed by atoms with Gasteiger partial charge in [0.2, 0.25) is 5.91 Å². The molecule has 2 aliphatic heterocycles. The highest BCUT2D eigenvalue weighted by atomic mass is 16.2. The Morgan fingerprint density at radius 3 is 2.36 bits per heavy atom. The molecule has 0 saturated carbocycles. The van der Waals surface area contributed by atoms with Crippen LogP contribution in [0.2, 0.25) is 0 Å². The van der Waals surface area contributed by atoms with Crippen LogP contribution in [-0.2, 0) is 4.79 Å². The molecule has 2 aliphatic rings. The van der Waals surface area contributed by atoms with E-state index in [1.807, 2.05) is 53.3 Å². The zero-order chi connectivity index (χ0) is 25.5. The number of hydrogen-bond donors (Lipinski definition) is 1. The SMILES string of the molecule is CCCCN(CCC)C(=O)C1=Cc2ccc(-c3ccc(C(=O)N4CCCC4)cc3)cc2N=C(NC)C1. The third kappa shape index (κ3) is 5.86. The topological polar surface area (TPSA) is 65.0 Å². The number of likely N-dealkylation sites (tertiary alicyclic amines) is 1. The number of rotatable bonds is 8. The third-order valence-corrected chi connectivity index (χ3v) is 6.96. The molecule has 0 bridgehead atoms. The molecule has 1 fully saturated rings. The molecule has 6 heteroatoms. The minimum absolute atomic E-state index is 0.100. The van der Waals surface area contributed by atoms with Gasteiger partial charge in [0.05, 0.1) is 5.69 Å². The van der Waals surface area contributed by atoms with Crippen LogP contribution in [-0.4, -0.2) is 60.7 Å². The largest absolute Gasteiger partial charge is 0.376 e. The van der Waals surface area contributed by atoms with Gasteiger partial charge in [-0.15, -0.1) is 0 Å². The maximum absolute atomic E-state index is 13.4. The van der Waals surface area contributed by atoms with E-state index in [1.54, 1.807) is 0 Å². The van der Waals surface area contributed by atoms with Crippen molar-refractivity contribution in [2.24, 2.45) is 4.99 Å². The van der Waals surface area contributed by atoms with Crippen LogP contribution in [0.3, 0.4) is 0 Å². The molecule has 2 amide bonds. The smallest absolute Gasteiger partial charge is 0.253 e. The van der Waals surface area contributed by atoms with E-state index in [0.29, 0.717) is 6.42 Å². The first kappa shape index (κ1) is 25.7. The molecule has 0 unspecified atom stereocenters. The summed E-state index contributed by atoms with van der Waals surface area (Å²) in [5.74, 6) is 0.995. The molecule has 36 heavy (non-hydrogen) atoms. The minimum Gasteiger partial charge on any atom is -0.376 e. The first-order valence-corrected chi connectivity index (χ1v) is 13.3. The maximum Gasteiger partial charge on any atom is 0.253 e. The Kier molecular flexibility index (Phi) is 8.57. The fourth-order valence-corrected chi connectivity index (χ4v) is 4.87. The van der Waals surface area contributed by atoms with Crippen molar-refractivity contribution in [1.29, 1.82) is 0 Å². The summed E-state index contributed by atoms with van der Waals surface area (Å²) in [4.78, 5) is 34.9. The second kappa shape index (κ2) is 12.0. The first-order valence-electron chi connectivity index (χ1n) is 13.3. The van der Waals surface area contributed by atoms with E-state index in [0.717, 1.165) is 97.6 Å². The molecule has 2 aromatic carbocycles. The van der Waals surface area contributed by atoms with Crippen LogP contribution in [0.25, 0.3) is 17.2 Å². The number of nitrogens with zero attached hydrogens (tertiary/aromatic N) is 3. The first-order chi connectivity index (χ1) is 17.5. The van der Waals surface area contributed by atoms with Crippen molar-refractivity contribution < 1.29 is 9.59 Å². The summed E-state index contributed by atoms with van der Waals surface area (Å²) in [6.07, 6.45) is 7.68. The molecule has 1 saturated heterocycles. The van der Waals surface area contributed by atoms with Gasteiger partial charge in [-0.1, -0.05) is 44.5 Å². The standard InChI is InChI=1S/C30H38N4O2/c1-4-6-16-33(15-5-2)30(36)26-19-25-14-13-24(20-27(25)32-28(21-26)31-3)22-9-11-23(12-10-22)29(35)34-17-7-8-18-34/h9-14,19-20H,4-8,15-18,21H2,1-3H3,(H,31,32). The quantitative estimate of drug-likeness (QED) is 0.523. The molecule has 0 aromatic heterocycles. The van der Waals surface area contributed by atoms with Gasteiger partial charge >= 0.3 is 0 Å². The van der Waals surface area contributed by atoms with Crippen molar-refractivity contribution in [3.05, 3.63) is 59.2 Å². The number of unbranched alkanes of at least 4 members (excludes halogenated alkanes) is 1. The van der Waals surface area contributed by atoms with Crippen LogP contribution in [0.15, 0.2) is 53.0 Å². The molecular weight excluding hydrogens is 448 g/mol. The number of amidine groups is 1. The molecule has 0 atom stereocenters. The van der Waals surface area contributed by atoms with Gasteiger partial charge in [0.15, 0.2) is 0 Å². The monoisotopic (exact) mass is 486 g/mol. The Balaban J connectivity index is 1.60. The van der Waals surface area contributed by atoms with Gasteiger partial charge in [-0.25, -0.2) is 4.99 Å². The van der Waals surface area contributed by atoms with Crippen molar-refractivity contribution in [2.45, 2.75) is 52.4 Å². The second-order valence-corrected chi connectivity index (χ2v) is 9.65. The van der Waals surface area contributed by atoms with Crippen LogP contribution in [0.1, 0.15) is 68.3 Å². The van der Waals surface area contributed by atoms with Gasteiger partial charge in [0.1, 0.15) is 5.84 Å². The van der Waals surface area contributed by atoms with Gasteiger partial charge < -0.3 is 15.1 Å². The van der Waals surface area contributed by atoms with Crippen molar-refractivity contribution in [2.75, 3.05) is 33.2 Å². The highest BCUT2D eigenvalue weighted by molar-refractivity contribution is 6.06. The zero-order valence-electron chi connectivity index (χ0n) is 21.8. The minimum atomic E-state index is 0.100. The summed E-state index contributed by atoms with van der Waals surface area (Å²) in [6, 6.07) is 14.0. The predicted molar refractivity (Wildman–Crippen MR) is 148 cm³/mol. The maximum atomic E-state index is 13.4. The number of fused-ring (bicyclic) bond motifs is 1. The lowest BCUT2D eigenvalue weighted by Crippen LogP contribution is -2.35. The lowest BCUT2D eigenvalue weighted by Gasteiger charge is -2.23. The van der Waals surface area contributed by atoms with Crippen molar-refractivity contribution in [3.63, 3.8) is 0 Å². The van der Waals surface area contributed by atoms with Gasteiger partial charge in [-0.05, 0) is 61.1 Å². The van der Waals surface area contributed by atoms with Crippen molar-refractivity contribution in [1.82, 2.24) is 15.1 Å². The van der Waals surface area contributed by atoms with E-state index in [2.05, 4.69) is 31.3 Å². The molecule has 190 valence electrons. The van der Waals surface area contributed by atoms with Crippen molar-refractivity contribution in [3.8, 4) is 11.1 Å². The summed E-state index contributed by atoms with van der Waals surface area (Å²) < 4.78 is 0. The number of nitrogens with one attached hydrogen (secondary N) is 1. The number of carbonyl (C=O) groups excluding carboxylic acids is 2. The van der Waals surface area contributed by atoms with Gasteiger partial charge in [0.25, 0.3) is 5.91 Å². The summed E-state index contributed by atoms with van der Waals surface area (Å²) in [5.41, 5.74) is 5.36. The molecule has 2 aromatic rings. The highest BCUT2D eigenvalue weighted by Gasteiger charge is 2.22. The fourth-order valence-electron chi connectivity index (χ4n) is 4.87. The van der Waals surface area contributed by atoms with Crippen molar-refractivity contribution >= 4 is 29.4 Å². The fraction of sp³-hybridized carbons (Fsp3) is 0.433. The van der Waals surface area contributed by atoms with Crippen LogP contribution in [0, 0.1) is 0 Å². The second-order valence-electron chi connectivity index (χ2n) is 9.65. The average molecular weight is 487 g/mol. The Labute approximate surface area is 215 Å². The molecule has 0 aliphatic carbocycles. The van der Waals surface area contributed by atoms with Gasteiger partial charge in [0, 0.05) is 56.3 Å². The lowest BCUT2D eigenvalue weighted by molar-refractivity contribution is -0.127. The Hall–Kier alpha value is -3.41. The molecule has 2 heterocycles. The Morgan fingerprint density at radius 1 is 0.972 bits per heavy atom. The lowest BCUT2D eigenvalue weighted by atomic mass is 9.99. The number of aliphatic imine (C=N–C) groups is 1. The van der Waals surface area contributed by atoms with Crippen LogP contribution >= 0.6 is 0 Å². The molecule has 6 nitrogen and oxygen atoms in total. The molecule has 4 rings (SSSR count). The zero-order valence-corrected chi connectivity index (χ0v) is 21.8. The number of hydrogen-bond acceptors (Lipinski definition) is 4. The van der Waals surface area contributed by atoms with E-state index < -0.39 is 0 Å². The van der Waals surface area contributed by atoms with Gasteiger partial charge in [-0.2, -0.15) is 0 Å². The summed E-state index contributed by atoms with van der Waals surface area (Å²) in [5, 5.41) is 3.19. The van der Waals surface area contributed by atoms with Crippen LogP contribution < -0.4 is 5.32 Å². The van der Waals surface area contributed by atoms with E-state index in [4.69, 9.17) is 4.99 Å². The number of amides is 2. The predicted octanol–water partition coefficient (Wildman–Crippen LogP) is 5.66. The van der Waals surface area contributed by atoms with E-state index in [1.165, 1.54) is 0 Å².